The van der Waals surface area contributed by atoms with Crippen molar-refractivity contribution in [1.82, 2.24) is 18.8 Å². The minimum absolute atomic E-state index is 0.0564. The minimum atomic E-state index is -3.39. The SMILES string of the molecule is CN(C)S(=O)(=O)N1CCN(C(=O)C2CNCCO2)CC1. The molecule has 0 aliphatic carbocycles. The molecule has 8 nitrogen and oxygen atoms in total. The van der Waals surface area contributed by atoms with Crippen LogP contribution in [0.15, 0.2) is 0 Å². The van der Waals surface area contributed by atoms with Crippen LogP contribution >= 0.6 is 0 Å². The van der Waals surface area contributed by atoms with E-state index in [4.69, 9.17) is 4.74 Å². The van der Waals surface area contributed by atoms with E-state index in [1.54, 1.807) is 4.90 Å². The zero-order valence-electron chi connectivity index (χ0n) is 11.9. The Hall–Kier alpha value is -0.740. The lowest BCUT2D eigenvalue weighted by Crippen LogP contribution is -2.57. The summed E-state index contributed by atoms with van der Waals surface area (Å²) in [6.45, 7) is 3.29. The summed E-state index contributed by atoms with van der Waals surface area (Å²) in [5.41, 5.74) is 0. The predicted molar refractivity (Wildman–Crippen MR) is 73.4 cm³/mol. The summed E-state index contributed by atoms with van der Waals surface area (Å²) < 4.78 is 32.0. The van der Waals surface area contributed by atoms with Crippen LogP contribution in [-0.2, 0) is 19.7 Å². The average Bonchev–Trinajstić information content (AvgIpc) is 2.47. The molecule has 1 unspecified atom stereocenters. The van der Waals surface area contributed by atoms with Crippen LogP contribution in [0, 0.1) is 0 Å². The van der Waals surface area contributed by atoms with Gasteiger partial charge in [0.1, 0.15) is 6.10 Å². The van der Waals surface area contributed by atoms with Crippen molar-refractivity contribution in [3.8, 4) is 0 Å². The molecule has 0 aromatic carbocycles. The van der Waals surface area contributed by atoms with Gasteiger partial charge in [-0.2, -0.15) is 17.0 Å². The van der Waals surface area contributed by atoms with Crippen molar-refractivity contribution >= 4 is 16.1 Å². The lowest BCUT2D eigenvalue weighted by molar-refractivity contribution is -0.146. The molecule has 20 heavy (non-hydrogen) atoms. The summed E-state index contributed by atoms with van der Waals surface area (Å²) in [5, 5.41) is 3.12. The molecule has 9 heteroatoms. The Morgan fingerprint density at radius 3 is 2.40 bits per heavy atom. The first-order valence-electron chi connectivity index (χ1n) is 6.71. The number of hydrogen-bond donors (Lipinski definition) is 1. The first kappa shape index (κ1) is 15.6. The quantitative estimate of drug-likeness (QED) is 0.647. The van der Waals surface area contributed by atoms with Crippen LogP contribution in [0.4, 0.5) is 0 Å². The van der Waals surface area contributed by atoms with Crippen molar-refractivity contribution in [3.63, 3.8) is 0 Å². The molecule has 0 bridgehead atoms. The topological polar surface area (TPSA) is 82.2 Å². The highest BCUT2D eigenvalue weighted by atomic mass is 32.2. The molecule has 2 aliphatic heterocycles. The number of rotatable bonds is 3. The monoisotopic (exact) mass is 306 g/mol. The Labute approximate surface area is 119 Å². The molecule has 0 saturated carbocycles. The molecule has 1 amide bonds. The molecule has 1 N–H and O–H groups in total. The number of piperazine rings is 1. The summed E-state index contributed by atoms with van der Waals surface area (Å²) in [5.74, 6) is -0.0564. The molecule has 116 valence electrons. The van der Waals surface area contributed by atoms with Crippen LogP contribution in [0.3, 0.4) is 0 Å². The van der Waals surface area contributed by atoms with Crippen molar-refractivity contribution in [2.45, 2.75) is 6.10 Å². The van der Waals surface area contributed by atoms with Gasteiger partial charge in [-0.1, -0.05) is 0 Å². The van der Waals surface area contributed by atoms with E-state index in [-0.39, 0.29) is 5.91 Å². The minimum Gasteiger partial charge on any atom is -0.366 e. The van der Waals surface area contributed by atoms with Crippen molar-refractivity contribution in [1.29, 1.82) is 0 Å². The van der Waals surface area contributed by atoms with Crippen molar-refractivity contribution < 1.29 is 17.9 Å². The van der Waals surface area contributed by atoms with E-state index < -0.39 is 16.3 Å². The Morgan fingerprint density at radius 2 is 1.90 bits per heavy atom. The van der Waals surface area contributed by atoms with Gasteiger partial charge in [-0.15, -0.1) is 0 Å². The molecule has 2 saturated heterocycles. The van der Waals surface area contributed by atoms with Gasteiger partial charge in [-0.05, 0) is 0 Å². The van der Waals surface area contributed by atoms with E-state index in [1.165, 1.54) is 22.7 Å². The largest absolute Gasteiger partial charge is 0.366 e. The predicted octanol–water partition coefficient (Wildman–Crippen LogP) is -2.07. The third-order valence-electron chi connectivity index (χ3n) is 3.54. The Balaban J connectivity index is 1.89. The van der Waals surface area contributed by atoms with Gasteiger partial charge in [0.25, 0.3) is 16.1 Å². The van der Waals surface area contributed by atoms with Gasteiger partial charge in [0.2, 0.25) is 0 Å². The number of amides is 1. The van der Waals surface area contributed by atoms with Crippen LogP contribution in [0.5, 0.6) is 0 Å². The maximum absolute atomic E-state index is 12.2. The lowest BCUT2D eigenvalue weighted by atomic mass is 10.2. The first-order valence-corrected chi connectivity index (χ1v) is 8.11. The highest BCUT2D eigenvalue weighted by molar-refractivity contribution is 7.86. The molecule has 1 atom stereocenters. The summed E-state index contributed by atoms with van der Waals surface area (Å²) in [6.07, 6.45) is -0.444. The normalized spacial score (nSPS) is 25.9. The summed E-state index contributed by atoms with van der Waals surface area (Å²) in [7, 11) is -0.372. The molecule has 0 spiro atoms. The number of morpholine rings is 1. The number of carbonyl (C=O) groups is 1. The van der Waals surface area contributed by atoms with Crippen LogP contribution in [-0.4, -0.2) is 93.9 Å². The van der Waals surface area contributed by atoms with Crippen molar-refractivity contribution in [2.75, 3.05) is 60.0 Å². The molecule has 2 fully saturated rings. The van der Waals surface area contributed by atoms with Crippen molar-refractivity contribution in [2.24, 2.45) is 0 Å². The Kier molecular flexibility index (Phi) is 4.97. The smallest absolute Gasteiger partial charge is 0.281 e. The Morgan fingerprint density at radius 1 is 1.25 bits per heavy atom. The molecule has 2 rings (SSSR count). The number of nitrogens with zero attached hydrogens (tertiary/aromatic N) is 3. The van der Waals surface area contributed by atoms with E-state index in [0.29, 0.717) is 39.3 Å². The number of nitrogens with one attached hydrogen (secondary N) is 1. The van der Waals surface area contributed by atoms with Gasteiger partial charge >= 0.3 is 0 Å². The van der Waals surface area contributed by atoms with Gasteiger partial charge in [-0.25, -0.2) is 0 Å². The fourth-order valence-electron chi connectivity index (χ4n) is 2.30. The molecule has 0 radical (unpaired) electrons. The zero-order chi connectivity index (χ0) is 14.8. The van der Waals surface area contributed by atoms with Gasteiger partial charge in [-0.3, -0.25) is 4.79 Å². The van der Waals surface area contributed by atoms with Gasteiger partial charge < -0.3 is 15.0 Å². The lowest BCUT2D eigenvalue weighted by Gasteiger charge is -2.37. The molecule has 0 aromatic heterocycles. The highest BCUT2D eigenvalue weighted by Gasteiger charge is 2.33. The fourth-order valence-corrected chi connectivity index (χ4v) is 3.38. The third kappa shape index (κ3) is 3.29. The van der Waals surface area contributed by atoms with E-state index in [2.05, 4.69) is 5.32 Å². The van der Waals surface area contributed by atoms with Gasteiger partial charge in [0, 0.05) is 53.4 Å². The van der Waals surface area contributed by atoms with E-state index >= 15 is 0 Å². The molecular formula is C11H22N4O4S. The molecular weight excluding hydrogens is 284 g/mol. The maximum Gasteiger partial charge on any atom is 0.281 e. The van der Waals surface area contributed by atoms with Gasteiger partial charge in [0.15, 0.2) is 0 Å². The first-order chi connectivity index (χ1) is 9.43. The summed E-state index contributed by atoms with van der Waals surface area (Å²) in [6, 6.07) is 0. The van der Waals surface area contributed by atoms with Gasteiger partial charge in [0.05, 0.1) is 6.61 Å². The Bertz CT molecular complexity index is 439. The maximum atomic E-state index is 12.2. The molecule has 2 heterocycles. The second-order valence-electron chi connectivity index (χ2n) is 5.08. The fraction of sp³-hybridized carbons (Fsp3) is 0.909. The van der Waals surface area contributed by atoms with Crippen LogP contribution in [0.25, 0.3) is 0 Å². The summed E-state index contributed by atoms with van der Waals surface area (Å²) >= 11 is 0. The zero-order valence-corrected chi connectivity index (χ0v) is 12.7. The number of carbonyl (C=O) groups excluding carboxylic acids is 1. The van der Waals surface area contributed by atoms with Crippen LogP contribution < -0.4 is 5.32 Å². The van der Waals surface area contributed by atoms with E-state index in [1.807, 2.05) is 0 Å². The van der Waals surface area contributed by atoms with Crippen LogP contribution in [0.2, 0.25) is 0 Å². The van der Waals surface area contributed by atoms with E-state index in [9.17, 15) is 13.2 Å². The van der Waals surface area contributed by atoms with E-state index in [0.717, 1.165) is 6.54 Å². The molecule has 2 aliphatic rings. The molecule has 0 aromatic rings. The average molecular weight is 306 g/mol. The highest BCUT2D eigenvalue weighted by Crippen LogP contribution is 2.11. The standard InChI is InChI=1S/C11H22N4O4S/c1-13(2)20(17,18)15-6-4-14(5-7-15)11(16)10-9-12-3-8-19-10/h10,12H,3-9H2,1-2H3. The van der Waals surface area contributed by atoms with Crippen LogP contribution in [0.1, 0.15) is 0 Å². The number of hydrogen-bond acceptors (Lipinski definition) is 5. The van der Waals surface area contributed by atoms with Crippen molar-refractivity contribution in [3.05, 3.63) is 0 Å². The second-order valence-corrected chi connectivity index (χ2v) is 7.22. The third-order valence-corrected chi connectivity index (χ3v) is 5.48. The summed E-state index contributed by atoms with van der Waals surface area (Å²) in [4.78, 5) is 13.9. The number of ether oxygens (including phenoxy) is 1. The second kappa shape index (κ2) is 6.35.